The van der Waals surface area contributed by atoms with E-state index >= 15 is 0 Å². The molecule has 0 aliphatic carbocycles. The quantitative estimate of drug-likeness (QED) is 0.412. The highest BCUT2D eigenvalue weighted by Crippen LogP contribution is 2.38. The smallest absolute Gasteiger partial charge is 0.347 e. The third-order valence-corrected chi connectivity index (χ3v) is 2.19. The molecule has 6 nitrogen and oxygen atoms in total. The van der Waals surface area contributed by atoms with Crippen molar-refractivity contribution in [2.24, 2.45) is 0 Å². The lowest BCUT2D eigenvalue weighted by Gasteiger charge is -2.05. The number of aliphatic hydroxyl groups is 1. The van der Waals surface area contributed by atoms with Gasteiger partial charge in [0.2, 0.25) is 0 Å². The zero-order valence-electron chi connectivity index (χ0n) is 7.97. The van der Waals surface area contributed by atoms with E-state index in [1.807, 2.05) is 0 Å². The number of rotatable bonds is 1. The van der Waals surface area contributed by atoms with Gasteiger partial charge < -0.3 is 24.8 Å². The highest BCUT2D eigenvalue weighted by Gasteiger charge is 2.15. The topological polar surface area (TPSA) is 111 Å². The molecule has 1 aromatic heterocycles. The molecule has 84 valence electrons. The normalized spacial score (nSPS) is 10.8. The number of hydrogen-bond acceptors (Lipinski definition) is 6. The van der Waals surface area contributed by atoms with Crippen molar-refractivity contribution in [3.05, 3.63) is 28.3 Å². The Hall–Kier alpha value is -2.21. The molecule has 0 saturated heterocycles. The molecule has 2 rings (SSSR count). The first-order chi connectivity index (χ1) is 7.54. The lowest BCUT2D eigenvalue weighted by molar-refractivity contribution is 0.241. The van der Waals surface area contributed by atoms with Crippen molar-refractivity contribution in [2.75, 3.05) is 0 Å². The van der Waals surface area contributed by atoms with Gasteiger partial charge in [-0.15, -0.1) is 0 Å². The molecule has 16 heavy (non-hydrogen) atoms. The molecule has 0 atom stereocenters. The third kappa shape index (κ3) is 1.36. The fourth-order valence-electron chi connectivity index (χ4n) is 1.46. The first-order valence-electron chi connectivity index (χ1n) is 4.36. The largest absolute Gasteiger partial charge is 0.507 e. The van der Waals surface area contributed by atoms with Crippen LogP contribution in [0, 0.1) is 0 Å². The fraction of sp³-hybridized carbons (Fsp3) is 0.100. The summed E-state index contributed by atoms with van der Waals surface area (Å²) < 4.78 is 4.66. The van der Waals surface area contributed by atoms with E-state index < -0.39 is 29.5 Å². The summed E-state index contributed by atoms with van der Waals surface area (Å²) in [5.41, 5.74) is -0.894. The van der Waals surface area contributed by atoms with E-state index in [1.165, 1.54) is 6.07 Å². The second-order valence-corrected chi connectivity index (χ2v) is 3.21. The zero-order valence-corrected chi connectivity index (χ0v) is 7.97. The van der Waals surface area contributed by atoms with Crippen molar-refractivity contribution in [1.29, 1.82) is 0 Å². The Balaban J connectivity index is 3.00. The highest BCUT2D eigenvalue weighted by atomic mass is 16.4. The summed E-state index contributed by atoms with van der Waals surface area (Å²) in [4.78, 5) is 11.4. The average Bonchev–Trinajstić information content (AvgIpc) is 2.24. The molecule has 0 amide bonds. The summed E-state index contributed by atoms with van der Waals surface area (Å²) in [7, 11) is 0. The van der Waals surface area contributed by atoms with Crippen LogP contribution < -0.4 is 5.63 Å². The second kappa shape index (κ2) is 3.42. The van der Waals surface area contributed by atoms with Gasteiger partial charge in [0.1, 0.15) is 23.5 Å². The molecule has 0 unspecified atom stereocenters. The van der Waals surface area contributed by atoms with E-state index in [1.54, 1.807) is 0 Å². The van der Waals surface area contributed by atoms with Gasteiger partial charge in [0.15, 0.2) is 11.5 Å². The summed E-state index contributed by atoms with van der Waals surface area (Å²) in [5, 5.41) is 36.7. The SMILES string of the molecule is O=c1oc(CO)cc2c(O)c(O)cc(O)c12. The molecular weight excluding hydrogens is 216 g/mol. The number of phenolic OH excluding ortho intramolecular Hbond substituents is 3. The Kier molecular flexibility index (Phi) is 2.21. The summed E-state index contributed by atoms with van der Waals surface area (Å²) >= 11 is 0. The van der Waals surface area contributed by atoms with E-state index in [9.17, 15) is 20.1 Å². The van der Waals surface area contributed by atoms with Crippen LogP contribution in [0.1, 0.15) is 5.76 Å². The van der Waals surface area contributed by atoms with E-state index in [-0.39, 0.29) is 16.5 Å². The van der Waals surface area contributed by atoms with Gasteiger partial charge in [-0.05, 0) is 6.07 Å². The highest BCUT2D eigenvalue weighted by molar-refractivity contribution is 5.94. The number of benzene rings is 1. The van der Waals surface area contributed by atoms with Gasteiger partial charge in [0, 0.05) is 11.5 Å². The van der Waals surface area contributed by atoms with Crippen molar-refractivity contribution in [1.82, 2.24) is 0 Å². The average molecular weight is 224 g/mol. The molecule has 6 heteroatoms. The number of fused-ring (bicyclic) bond motifs is 1. The summed E-state index contributed by atoms with van der Waals surface area (Å²) in [6.07, 6.45) is 0. The van der Waals surface area contributed by atoms with Gasteiger partial charge >= 0.3 is 5.63 Å². The summed E-state index contributed by atoms with van der Waals surface area (Å²) in [5.74, 6) is -1.67. The number of aromatic hydroxyl groups is 3. The molecule has 0 spiro atoms. The minimum absolute atomic E-state index is 0.0715. The number of phenols is 3. The zero-order chi connectivity index (χ0) is 11.9. The monoisotopic (exact) mass is 224 g/mol. The Morgan fingerprint density at radius 2 is 1.81 bits per heavy atom. The first kappa shape index (κ1) is 10.3. The molecule has 0 aliphatic heterocycles. The Bertz CT molecular complexity index is 613. The van der Waals surface area contributed by atoms with E-state index in [2.05, 4.69) is 4.42 Å². The van der Waals surface area contributed by atoms with Crippen LogP contribution in [0.25, 0.3) is 10.8 Å². The molecule has 0 bridgehead atoms. The van der Waals surface area contributed by atoms with Crippen LogP contribution in [0.4, 0.5) is 0 Å². The van der Waals surface area contributed by atoms with E-state index in [0.717, 1.165) is 6.07 Å². The molecular formula is C10H8O6. The molecule has 0 radical (unpaired) electrons. The maximum atomic E-state index is 11.4. The van der Waals surface area contributed by atoms with Crippen molar-refractivity contribution >= 4 is 10.8 Å². The third-order valence-electron chi connectivity index (χ3n) is 2.19. The second-order valence-electron chi connectivity index (χ2n) is 3.21. The van der Waals surface area contributed by atoms with Gasteiger partial charge in [-0.3, -0.25) is 0 Å². The first-order valence-corrected chi connectivity index (χ1v) is 4.36. The maximum absolute atomic E-state index is 11.4. The van der Waals surface area contributed by atoms with Crippen molar-refractivity contribution in [3.63, 3.8) is 0 Å². The lowest BCUT2D eigenvalue weighted by atomic mass is 10.1. The maximum Gasteiger partial charge on any atom is 0.347 e. The van der Waals surface area contributed by atoms with Crippen LogP contribution in [-0.4, -0.2) is 20.4 Å². The molecule has 0 aliphatic rings. The van der Waals surface area contributed by atoms with Crippen LogP contribution >= 0.6 is 0 Å². The van der Waals surface area contributed by atoms with Gasteiger partial charge in [-0.25, -0.2) is 4.79 Å². The molecule has 1 heterocycles. The molecule has 0 fully saturated rings. The summed E-state index contributed by atoms with van der Waals surface area (Å²) in [6.45, 7) is -0.527. The number of hydrogen-bond donors (Lipinski definition) is 4. The van der Waals surface area contributed by atoms with Crippen LogP contribution in [0.2, 0.25) is 0 Å². The van der Waals surface area contributed by atoms with E-state index in [0.29, 0.717) is 0 Å². The van der Waals surface area contributed by atoms with Crippen LogP contribution in [-0.2, 0) is 6.61 Å². The van der Waals surface area contributed by atoms with Crippen molar-refractivity contribution in [3.8, 4) is 17.2 Å². The van der Waals surface area contributed by atoms with Gasteiger partial charge in [-0.1, -0.05) is 0 Å². The molecule has 2 aromatic rings. The predicted octanol–water partition coefficient (Wildman–Crippen LogP) is 0.402. The van der Waals surface area contributed by atoms with Gasteiger partial charge in [0.05, 0.1) is 0 Å². The van der Waals surface area contributed by atoms with E-state index in [4.69, 9.17) is 5.11 Å². The Morgan fingerprint density at radius 1 is 1.12 bits per heavy atom. The van der Waals surface area contributed by atoms with Crippen molar-refractivity contribution in [2.45, 2.75) is 6.61 Å². The standard InChI is InChI=1S/C10H8O6/c11-3-4-1-5-8(10(15)16-4)6(12)2-7(13)9(5)14/h1-2,11-14H,3H2. The predicted molar refractivity (Wildman–Crippen MR) is 53.4 cm³/mol. The fourth-order valence-corrected chi connectivity index (χ4v) is 1.46. The van der Waals surface area contributed by atoms with Crippen molar-refractivity contribution < 1.29 is 24.8 Å². The minimum atomic E-state index is -0.894. The van der Waals surface area contributed by atoms with Crippen LogP contribution in [0.15, 0.2) is 21.3 Å². The molecule has 4 N–H and O–H groups in total. The number of aliphatic hydroxyl groups excluding tert-OH is 1. The summed E-state index contributed by atoms with van der Waals surface area (Å²) in [6, 6.07) is 2.01. The van der Waals surface area contributed by atoms with Gasteiger partial charge in [0.25, 0.3) is 0 Å². The Labute approximate surface area is 88.6 Å². The lowest BCUT2D eigenvalue weighted by Crippen LogP contribution is -2.02. The Morgan fingerprint density at radius 3 is 2.44 bits per heavy atom. The van der Waals surface area contributed by atoms with Crippen LogP contribution in [0.5, 0.6) is 17.2 Å². The van der Waals surface area contributed by atoms with Crippen LogP contribution in [0.3, 0.4) is 0 Å². The molecule has 1 aromatic carbocycles. The van der Waals surface area contributed by atoms with Gasteiger partial charge in [-0.2, -0.15) is 0 Å². The molecule has 0 saturated carbocycles. The minimum Gasteiger partial charge on any atom is -0.507 e.